The van der Waals surface area contributed by atoms with Crippen LogP contribution in [0, 0.1) is 0 Å². The van der Waals surface area contributed by atoms with Crippen molar-refractivity contribution in [2.45, 2.75) is 19.5 Å². The van der Waals surface area contributed by atoms with E-state index < -0.39 is 9.24 Å². The van der Waals surface area contributed by atoms with Gasteiger partial charge in [-0.1, -0.05) is 30.3 Å². The third-order valence-electron chi connectivity index (χ3n) is 3.26. The zero-order chi connectivity index (χ0) is 13.2. The summed E-state index contributed by atoms with van der Waals surface area (Å²) >= 11 is 0. The fourth-order valence-corrected chi connectivity index (χ4v) is 3.28. The largest absolute Gasteiger partial charge is 0.299 e. The first-order valence-electron chi connectivity index (χ1n) is 5.94. The second-order valence-electron chi connectivity index (χ2n) is 4.61. The van der Waals surface area contributed by atoms with Crippen molar-refractivity contribution in [3.63, 3.8) is 0 Å². The van der Waals surface area contributed by atoms with Crippen molar-refractivity contribution in [3.8, 4) is 0 Å². The molecule has 1 aromatic rings. The molecular formula is C12H17ClN2O2S. The second kappa shape index (κ2) is 5.57. The molecule has 0 spiro atoms. The van der Waals surface area contributed by atoms with Crippen LogP contribution in [0.2, 0.25) is 0 Å². The number of piperazine rings is 1. The first-order valence-corrected chi connectivity index (χ1v) is 8.21. The molecule has 0 radical (unpaired) electrons. The lowest BCUT2D eigenvalue weighted by Crippen LogP contribution is -2.52. The summed E-state index contributed by atoms with van der Waals surface area (Å²) < 4.78 is 23.9. The Morgan fingerprint density at radius 3 is 2.50 bits per heavy atom. The van der Waals surface area contributed by atoms with E-state index in [2.05, 4.69) is 17.0 Å². The van der Waals surface area contributed by atoms with Gasteiger partial charge in [0, 0.05) is 42.9 Å². The molecule has 18 heavy (non-hydrogen) atoms. The Morgan fingerprint density at radius 1 is 1.28 bits per heavy atom. The lowest BCUT2D eigenvalue weighted by Gasteiger charge is -2.38. The van der Waals surface area contributed by atoms with Gasteiger partial charge in [-0.2, -0.15) is 12.7 Å². The van der Waals surface area contributed by atoms with E-state index in [-0.39, 0.29) is 6.04 Å². The minimum atomic E-state index is -3.58. The molecule has 1 fully saturated rings. The summed E-state index contributed by atoms with van der Waals surface area (Å²) in [7, 11) is 1.79. The summed E-state index contributed by atoms with van der Waals surface area (Å²) in [6.45, 7) is 4.50. The molecule has 0 aromatic heterocycles. The first kappa shape index (κ1) is 13.8. The first-order chi connectivity index (χ1) is 8.47. The second-order valence-corrected chi connectivity index (χ2v) is 7.12. The zero-order valence-electron chi connectivity index (χ0n) is 10.3. The molecular weight excluding hydrogens is 272 g/mol. The van der Waals surface area contributed by atoms with Gasteiger partial charge in [0.05, 0.1) is 0 Å². The van der Waals surface area contributed by atoms with E-state index in [0.717, 1.165) is 6.54 Å². The molecule has 1 saturated heterocycles. The van der Waals surface area contributed by atoms with E-state index in [0.29, 0.717) is 19.6 Å². The van der Waals surface area contributed by atoms with Crippen molar-refractivity contribution in [2.24, 2.45) is 0 Å². The molecule has 0 saturated carbocycles. The van der Waals surface area contributed by atoms with Crippen molar-refractivity contribution < 1.29 is 8.42 Å². The predicted octanol–water partition coefficient (Wildman–Crippen LogP) is 1.68. The van der Waals surface area contributed by atoms with Crippen LogP contribution < -0.4 is 0 Å². The van der Waals surface area contributed by atoms with Crippen molar-refractivity contribution in [2.75, 3.05) is 19.6 Å². The Bertz CT molecular complexity index is 492. The van der Waals surface area contributed by atoms with Gasteiger partial charge in [-0.15, -0.1) is 0 Å². The monoisotopic (exact) mass is 288 g/mol. The summed E-state index contributed by atoms with van der Waals surface area (Å²) in [5.74, 6) is 0. The number of rotatable bonds is 3. The van der Waals surface area contributed by atoms with E-state index in [4.69, 9.17) is 10.7 Å². The summed E-state index contributed by atoms with van der Waals surface area (Å²) in [4.78, 5) is 2.27. The quantitative estimate of drug-likeness (QED) is 0.795. The number of benzene rings is 1. The smallest absolute Gasteiger partial charge is 0.294 e. The van der Waals surface area contributed by atoms with Crippen molar-refractivity contribution in [1.82, 2.24) is 9.21 Å². The molecule has 4 nitrogen and oxygen atoms in total. The molecule has 0 aliphatic carbocycles. The van der Waals surface area contributed by atoms with Crippen LogP contribution in [0.25, 0.3) is 0 Å². The maximum absolute atomic E-state index is 11.3. The third-order valence-corrected chi connectivity index (χ3v) is 4.80. The van der Waals surface area contributed by atoms with E-state index in [1.54, 1.807) is 0 Å². The van der Waals surface area contributed by atoms with Crippen LogP contribution in [0.1, 0.15) is 12.5 Å². The van der Waals surface area contributed by atoms with Gasteiger partial charge in [-0.05, 0) is 12.5 Å². The normalized spacial score (nSPS) is 23.1. The molecule has 1 unspecified atom stereocenters. The predicted molar refractivity (Wildman–Crippen MR) is 72.7 cm³/mol. The summed E-state index contributed by atoms with van der Waals surface area (Å²) in [5, 5.41) is 0. The van der Waals surface area contributed by atoms with Gasteiger partial charge in [0.1, 0.15) is 0 Å². The molecule has 0 N–H and O–H groups in total. The summed E-state index contributed by atoms with van der Waals surface area (Å²) in [5.41, 5.74) is 1.24. The topological polar surface area (TPSA) is 40.6 Å². The van der Waals surface area contributed by atoms with E-state index in [9.17, 15) is 8.42 Å². The lowest BCUT2D eigenvalue weighted by atomic mass is 10.1. The van der Waals surface area contributed by atoms with Crippen LogP contribution >= 0.6 is 10.7 Å². The van der Waals surface area contributed by atoms with Crippen molar-refractivity contribution in [1.29, 1.82) is 0 Å². The van der Waals surface area contributed by atoms with Crippen LogP contribution in [-0.4, -0.2) is 43.3 Å². The molecule has 1 aromatic carbocycles. The molecule has 2 rings (SSSR count). The number of halogens is 1. The van der Waals surface area contributed by atoms with Gasteiger partial charge in [0.15, 0.2) is 0 Å². The van der Waals surface area contributed by atoms with Crippen LogP contribution in [-0.2, 0) is 15.8 Å². The summed E-state index contributed by atoms with van der Waals surface area (Å²) in [6, 6.07) is 10.4. The Kier molecular flexibility index (Phi) is 4.27. The maximum atomic E-state index is 11.3. The highest BCUT2D eigenvalue weighted by Crippen LogP contribution is 2.17. The average molecular weight is 289 g/mol. The van der Waals surface area contributed by atoms with Gasteiger partial charge < -0.3 is 0 Å². The van der Waals surface area contributed by atoms with Crippen molar-refractivity contribution >= 4 is 19.9 Å². The number of hydrogen-bond acceptors (Lipinski definition) is 3. The van der Waals surface area contributed by atoms with Gasteiger partial charge >= 0.3 is 0 Å². The molecule has 100 valence electrons. The molecule has 6 heteroatoms. The molecule has 1 aliphatic rings. The van der Waals surface area contributed by atoms with Gasteiger partial charge in [0.2, 0.25) is 0 Å². The Hall–Kier alpha value is -0.620. The molecule has 1 heterocycles. The minimum Gasteiger partial charge on any atom is -0.294 e. The SMILES string of the molecule is CC1CN(S(=O)(=O)Cl)CCN1Cc1ccccc1. The average Bonchev–Trinajstić information content (AvgIpc) is 2.32. The summed E-state index contributed by atoms with van der Waals surface area (Å²) in [6.07, 6.45) is 0. The highest BCUT2D eigenvalue weighted by molar-refractivity contribution is 8.11. The Labute approximate surface area is 113 Å². The van der Waals surface area contributed by atoms with E-state index >= 15 is 0 Å². The van der Waals surface area contributed by atoms with Crippen LogP contribution in [0.5, 0.6) is 0 Å². The molecule has 0 bridgehead atoms. The van der Waals surface area contributed by atoms with Gasteiger partial charge in [-0.25, -0.2) is 0 Å². The van der Waals surface area contributed by atoms with Crippen LogP contribution in [0.15, 0.2) is 30.3 Å². The van der Waals surface area contributed by atoms with Crippen LogP contribution in [0.4, 0.5) is 0 Å². The van der Waals surface area contributed by atoms with Gasteiger partial charge in [0.25, 0.3) is 9.24 Å². The standard InChI is InChI=1S/C12H17ClN2O2S/c1-11-9-15(18(13,16)17)8-7-14(11)10-12-5-3-2-4-6-12/h2-6,11H,7-10H2,1H3. The third kappa shape index (κ3) is 3.45. The molecule has 1 atom stereocenters. The molecule has 0 amide bonds. The van der Waals surface area contributed by atoms with Crippen LogP contribution in [0.3, 0.4) is 0 Å². The molecule has 1 aliphatic heterocycles. The zero-order valence-corrected chi connectivity index (χ0v) is 11.9. The Morgan fingerprint density at radius 2 is 1.94 bits per heavy atom. The Balaban J connectivity index is 1.98. The number of hydrogen-bond donors (Lipinski definition) is 0. The fourth-order valence-electron chi connectivity index (χ4n) is 2.21. The van der Waals surface area contributed by atoms with Gasteiger partial charge in [-0.3, -0.25) is 4.90 Å². The highest BCUT2D eigenvalue weighted by atomic mass is 35.7. The maximum Gasteiger partial charge on any atom is 0.299 e. The van der Waals surface area contributed by atoms with E-state index in [1.807, 2.05) is 25.1 Å². The minimum absolute atomic E-state index is 0.174. The van der Waals surface area contributed by atoms with E-state index in [1.165, 1.54) is 9.87 Å². The highest BCUT2D eigenvalue weighted by Gasteiger charge is 2.29. The fraction of sp³-hybridized carbons (Fsp3) is 0.500. The lowest BCUT2D eigenvalue weighted by molar-refractivity contribution is 0.123. The number of nitrogens with zero attached hydrogens (tertiary/aromatic N) is 2. The van der Waals surface area contributed by atoms with Crippen molar-refractivity contribution in [3.05, 3.63) is 35.9 Å².